The van der Waals surface area contributed by atoms with E-state index in [9.17, 15) is 4.79 Å². The van der Waals surface area contributed by atoms with Gasteiger partial charge in [-0.15, -0.1) is 0 Å². The summed E-state index contributed by atoms with van der Waals surface area (Å²) in [6.07, 6.45) is 1.89. The number of pyridine rings is 1. The standard InChI is InChI=1S/C10H12BrClN2O2/c1-14(4-3-9(15)16-2)10-8(11)5-7(12)6-13-10/h5-6H,3-4H2,1-2H3. The molecule has 16 heavy (non-hydrogen) atoms. The number of nitrogens with zero attached hydrogens (tertiary/aromatic N) is 2. The van der Waals surface area contributed by atoms with Gasteiger partial charge in [0.1, 0.15) is 5.82 Å². The number of aromatic nitrogens is 1. The Morgan fingerprint density at radius 3 is 2.94 bits per heavy atom. The summed E-state index contributed by atoms with van der Waals surface area (Å²) in [4.78, 5) is 17.0. The molecule has 0 N–H and O–H groups in total. The number of methoxy groups -OCH3 is 1. The van der Waals surface area contributed by atoms with Crippen LogP contribution in [0.5, 0.6) is 0 Å². The minimum atomic E-state index is -0.239. The number of ether oxygens (including phenoxy) is 1. The van der Waals surface area contributed by atoms with Crippen LogP contribution in [0.25, 0.3) is 0 Å². The van der Waals surface area contributed by atoms with Crippen molar-refractivity contribution in [3.8, 4) is 0 Å². The molecule has 1 aromatic heterocycles. The molecule has 0 amide bonds. The second-order valence-electron chi connectivity index (χ2n) is 3.21. The highest BCUT2D eigenvalue weighted by atomic mass is 79.9. The van der Waals surface area contributed by atoms with Crippen molar-refractivity contribution in [2.75, 3.05) is 25.6 Å². The number of esters is 1. The molecule has 0 aliphatic heterocycles. The molecule has 0 atom stereocenters. The number of halogens is 2. The highest BCUT2D eigenvalue weighted by molar-refractivity contribution is 9.10. The van der Waals surface area contributed by atoms with E-state index in [0.29, 0.717) is 18.0 Å². The Morgan fingerprint density at radius 1 is 1.69 bits per heavy atom. The van der Waals surface area contributed by atoms with Gasteiger partial charge in [-0.05, 0) is 22.0 Å². The summed E-state index contributed by atoms with van der Waals surface area (Å²) in [5.74, 6) is 0.505. The van der Waals surface area contributed by atoms with Crippen molar-refractivity contribution in [3.63, 3.8) is 0 Å². The first-order valence-electron chi connectivity index (χ1n) is 4.63. The van der Waals surface area contributed by atoms with Crippen LogP contribution in [0.2, 0.25) is 5.02 Å². The van der Waals surface area contributed by atoms with Gasteiger partial charge in [-0.3, -0.25) is 4.79 Å². The fourth-order valence-corrected chi connectivity index (χ4v) is 2.10. The molecule has 0 aromatic carbocycles. The van der Waals surface area contributed by atoms with Crippen molar-refractivity contribution in [2.45, 2.75) is 6.42 Å². The molecule has 1 rings (SSSR count). The monoisotopic (exact) mass is 306 g/mol. The molecule has 1 heterocycles. The number of carbonyl (C=O) groups is 1. The SMILES string of the molecule is COC(=O)CCN(C)c1ncc(Cl)cc1Br. The molecule has 0 unspecified atom stereocenters. The van der Waals surface area contributed by atoms with E-state index in [2.05, 4.69) is 25.7 Å². The highest BCUT2D eigenvalue weighted by Crippen LogP contribution is 2.25. The summed E-state index contributed by atoms with van der Waals surface area (Å²) in [6, 6.07) is 1.76. The molecular weight excluding hydrogens is 295 g/mol. The van der Waals surface area contributed by atoms with Crippen molar-refractivity contribution in [3.05, 3.63) is 21.8 Å². The molecule has 4 nitrogen and oxygen atoms in total. The zero-order valence-electron chi connectivity index (χ0n) is 9.04. The van der Waals surface area contributed by atoms with Gasteiger partial charge in [0.15, 0.2) is 0 Å². The number of hydrogen-bond donors (Lipinski definition) is 0. The molecular formula is C10H12BrClN2O2. The Kier molecular flexibility index (Phi) is 5.02. The van der Waals surface area contributed by atoms with Gasteiger partial charge >= 0.3 is 5.97 Å². The lowest BCUT2D eigenvalue weighted by Crippen LogP contribution is -2.22. The van der Waals surface area contributed by atoms with Crippen LogP contribution in [0.3, 0.4) is 0 Å². The molecule has 6 heteroatoms. The zero-order valence-corrected chi connectivity index (χ0v) is 11.4. The molecule has 0 saturated carbocycles. The van der Waals surface area contributed by atoms with Crippen molar-refractivity contribution >= 4 is 39.3 Å². The van der Waals surface area contributed by atoms with Crippen LogP contribution in [-0.2, 0) is 9.53 Å². The van der Waals surface area contributed by atoms with Crippen LogP contribution in [0, 0.1) is 0 Å². The van der Waals surface area contributed by atoms with E-state index < -0.39 is 0 Å². The fraction of sp³-hybridized carbons (Fsp3) is 0.400. The lowest BCUT2D eigenvalue weighted by molar-refractivity contribution is -0.140. The maximum atomic E-state index is 11.0. The largest absolute Gasteiger partial charge is 0.469 e. The normalized spacial score (nSPS) is 10.0. The van der Waals surface area contributed by atoms with Crippen LogP contribution in [0.1, 0.15) is 6.42 Å². The average molecular weight is 308 g/mol. The number of anilines is 1. The highest BCUT2D eigenvalue weighted by Gasteiger charge is 2.09. The van der Waals surface area contributed by atoms with E-state index in [1.165, 1.54) is 7.11 Å². The van der Waals surface area contributed by atoms with E-state index in [-0.39, 0.29) is 5.97 Å². The van der Waals surface area contributed by atoms with Crippen molar-refractivity contribution < 1.29 is 9.53 Å². The molecule has 0 aliphatic carbocycles. The Hall–Kier alpha value is -0.810. The second kappa shape index (κ2) is 6.06. The zero-order chi connectivity index (χ0) is 12.1. The van der Waals surface area contributed by atoms with Gasteiger partial charge in [0, 0.05) is 19.8 Å². The summed E-state index contributed by atoms with van der Waals surface area (Å²) in [7, 11) is 3.22. The number of hydrogen-bond acceptors (Lipinski definition) is 4. The van der Waals surface area contributed by atoms with Gasteiger partial charge in [0.2, 0.25) is 0 Å². The van der Waals surface area contributed by atoms with Crippen LogP contribution < -0.4 is 4.90 Å². The minimum absolute atomic E-state index is 0.239. The Morgan fingerprint density at radius 2 is 2.38 bits per heavy atom. The predicted octanol–water partition coefficient (Wildman–Crippen LogP) is 2.50. The molecule has 0 radical (unpaired) electrons. The van der Waals surface area contributed by atoms with E-state index >= 15 is 0 Å². The summed E-state index contributed by atoms with van der Waals surface area (Å²) in [5, 5.41) is 0.567. The lowest BCUT2D eigenvalue weighted by Gasteiger charge is -2.18. The Bertz CT molecular complexity index is 387. The third-order valence-corrected chi connectivity index (χ3v) is 2.82. The van der Waals surface area contributed by atoms with Crippen molar-refractivity contribution in [1.82, 2.24) is 4.98 Å². The molecule has 0 saturated heterocycles. The second-order valence-corrected chi connectivity index (χ2v) is 4.50. The maximum Gasteiger partial charge on any atom is 0.307 e. The first-order chi connectivity index (χ1) is 7.54. The lowest BCUT2D eigenvalue weighted by atomic mass is 10.3. The third kappa shape index (κ3) is 3.64. The molecule has 0 bridgehead atoms. The third-order valence-electron chi connectivity index (χ3n) is 2.03. The number of carbonyl (C=O) groups excluding carboxylic acids is 1. The summed E-state index contributed by atoms with van der Waals surface area (Å²) in [5.41, 5.74) is 0. The molecule has 1 aromatic rings. The van der Waals surface area contributed by atoms with Crippen LogP contribution >= 0.6 is 27.5 Å². The quantitative estimate of drug-likeness (QED) is 0.802. The summed E-state index contributed by atoms with van der Waals surface area (Å²) in [6.45, 7) is 0.542. The number of rotatable bonds is 4. The van der Waals surface area contributed by atoms with E-state index in [1.807, 2.05) is 11.9 Å². The van der Waals surface area contributed by atoms with Gasteiger partial charge in [-0.25, -0.2) is 4.98 Å². The van der Waals surface area contributed by atoms with Crippen LogP contribution in [-0.4, -0.2) is 31.7 Å². The van der Waals surface area contributed by atoms with Gasteiger partial charge in [0.25, 0.3) is 0 Å². The van der Waals surface area contributed by atoms with E-state index in [4.69, 9.17) is 11.6 Å². The van der Waals surface area contributed by atoms with Gasteiger partial charge < -0.3 is 9.64 Å². The smallest absolute Gasteiger partial charge is 0.307 e. The maximum absolute atomic E-state index is 11.0. The fourth-order valence-electron chi connectivity index (χ4n) is 1.16. The molecule has 0 fully saturated rings. The summed E-state index contributed by atoms with van der Waals surface area (Å²) < 4.78 is 5.37. The summed E-state index contributed by atoms with van der Waals surface area (Å²) >= 11 is 9.15. The van der Waals surface area contributed by atoms with Crippen LogP contribution in [0.4, 0.5) is 5.82 Å². The topological polar surface area (TPSA) is 42.4 Å². The average Bonchev–Trinajstić information content (AvgIpc) is 2.25. The van der Waals surface area contributed by atoms with E-state index in [0.717, 1.165) is 10.3 Å². The van der Waals surface area contributed by atoms with Gasteiger partial charge in [0.05, 0.1) is 23.0 Å². The first kappa shape index (κ1) is 13.3. The minimum Gasteiger partial charge on any atom is -0.469 e. The van der Waals surface area contributed by atoms with Crippen molar-refractivity contribution in [2.24, 2.45) is 0 Å². The molecule has 88 valence electrons. The molecule has 0 spiro atoms. The van der Waals surface area contributed by atoms with E-state index in [1.54, 1.807) is 12.3 Å². The molecule has 0 aliphatic rings. The van der Waals surface area contributed by atoms with Gasteiger partial charge in [-0.1, -0.05) is 11.6 Å². The van der Waals surface area contributed by atoms with Crippen molar-refractivity contribution in [1.29, 1.82) is 0 Å². The van der Waals surface area contributed by atoms with Gasteiger partial charge in [-0.2, -0.15) is 0 Å². The van der Waals surface area contributed by atoms with Crippen LogP contribution in [0.15, 0.2) is 16.7 Å². The Labute approximate surface area is 108 Å². The Balaban J connectivity index is 2.65. The predicted molar refractivity (Wildman–Crippen MR) is 66.9 cm³/mol. The first-order valence-corrected chi connectivity index (χ1v) is 5.80.